The van der Waals surface area contributed by atoms with Crippen LogP contribution in [0.25, 0.3) is 11.1 Å². The van der Waals surface area contributed by atoms with Gasteiger partial charge in [-0.2, -0.15) is 0 Å². The summed E-state index contributed by atoms with van der Waals surface area (Å²) in [6.45, 7) is 8.00. The molecular formula is C20H24Br2O2. The summed E-state index contributed by atoms with van der Waals surface area (Å²) < 4.78 is 0. The molecule has 2 aromatic rings. The molecule has 0 saturated heterocycles. The maximum Gasteiger partial charge on any atom is 0.173 e. The van der Waals surface area contributed by atoms with Crippen molar-refractivity contribution in [2.45, 2.75) is 27.7 Å². The number of ketones is 2. The Morgan fingerprint density at radius 1 is 0.625 bits per heavy atom. The van der Waals surface area contributed by atoms with Crippen molar-refractivity contribution in [3.8, 4) is 11.1 Å². The van der Waals surface area contributed by atoms with Gasteiger partial charge in [-0.25, -0.2) is 0 Å². The highest BCUT2D eigenvalue weighted by molar-refractivity contribution is 9.09. The second kappa shape index (κ2) is 13.1. The van der Waals surface area contributed by atoms with E-state index in [9.17, 15) is 9.59 Å². The number of benzene rings is 2. The van der Waals surface area contributed by atoms with E-state index in [4.69, 9.17) is 0 Å². The van der Waals surface area contributed by atoms with Gasteiger partial charge in [0, 0.05) is 11.1 Å². The van der Waals surface area contributed by atoms with Crippen molar-refractivity contribution >= 4 is 43.4 Å². The fraction of sp³-hybridized carbons (Fsp3) is 0.300. The molecule has 2 nitrogen and oxygen atoms in total. The number of hydrogen-bond acceptors (Lipinski definition) is 2. The fourth-order valence-electron chi connectivity index (χ4n) is 1.85. The first-order valence-electron chi connectivity index (χ1n) is 8.04. The van der Waals surface area contributed by atoms with Crippen LogP contribution in [0.15, 0.2) is 48.5 Å². The van der Waals surface area contributed by atoms with Crippen LogP contribution in [0.4, 0.5) is 0 Å². The molecule has 0 heterocycles. The van der Waals surface area contributed by atoms with Gasteiger partial charge < -0.3 is 0 Å². The van der Waals surface area contributed by atoms with E-state index >= 15 is 0 Å². The normalized spacial score (nSPS) is 9.08. The fourth-order valence-corrected chi connectivity index (χ4v) is 2.50. The highest BCUT2D eigenvalue weighted by Gasteiger charge is 2.06. The largest absolute Gasteiger partial charge is 0.293 e. The van der Waals surface area contributed by atoms with Gasteiger partial charge in [-0.3, -0.25) is 9.59 Å². The molecule has 4 heteroatoms. The van der Waals surface area contributed by atoms with Gasteiger partial charge >= 0.3 is 0 Å². The number of alkyl halides is 2. The summed E-state index contributed by atoms with van der Waals surface area (Å²) >= 11 is 6.32. The summed E-state index contributed by atoms with van der Waals surface area (Å²) in [5.74, 6) is 0.129. The van der Waals surface area contributed by atoms with Crippen LogP contribution in [0.3, 0.4) is 0 Å². The zero-order valence-electron chi connectivity index (χ0n) is 14.6. The average molecular weight is 456 g/mol. The molecule has 0 spiro atoms. The number of rotatable bonds is 5. The molecule has 130 valence electrons. The molecule has 24 heavy (non-hydrogen) atoms. The van der Waals surface area contributed by atoms with Gasteiger partial charge in [-0.05, 0) is 11.1 Å². The molecular weight excluding hydrogens is 432 g/mol. The third-order valence-electron chi connectivity index (χ3n) is 2.99. The standard InChI is InChI=1S/C16H12Br2O2.2C2H6/c17-9-15(19)13-5-1-11(2-6-13)12-3-7-14(8-4-12)16(20)10-18;2*1-2/h1-8H,9-10H2;2*1-2H3. The number of carbonyl (C=O) groups is 2. The molecule has 2 aromatic carbocycles. The van der Waals surface area contributed by atoms with Crippen molar-refractivity contribution in [3.05, 3.63) is 59.7 Å². The molecule has 0 fully saturated rings. The Balaban J connectivity index is 0.00000123. The van der Waals surface area contributed by atoms with Crippen molar-refractivity contribution in [2.75, 3.05) is 10.7 Å². The zero-order chi connectivity index (χ0) is 18.5. The van der Waals surface area contributed by atoms with Crippen LogP contribution < -0.4 is 0 Å². The third-order valence-corrected chi connectivity index (χ3v) is 4.01. The smallest absolute Gasteiger partial charge is 0.173 e. The van der Waals surface area contributed by atoms with Crippen LogP contribution in [0, 0.1) is 0 Å². The monoisotopic (exact) mass is 454 g/mol. The van der Waals surface area contributed by atoms with E-state index in [-0.39, 0.29) is 11.6 Å². The Labute approximate surface area is 161 Å². The van der Waals surface area contributed by atoms with E-state index in [0.29, 0.717) is 21.8 Å². The Hall–Kier alpha value is -1.26. The summed E-state index contributed by atoms with van der Waals surface area (Å²) in [7, 11) is 0. The minimum atomic E-state index is 0.0646. The predicted molar refractivity (Wildman–Crippen MR) is 111 cm³/mol. The number of halogens is 2. The Kier molecular flexibility index (Phi) is 12.4. The topological polar surface area (TPSA) is 34.1 Å². The van der Waals surface area contributed by atoms with Crippen molar-refractivity contribution in [3.63, 3.8) is 0 Å². The minimum Gasteiger partial charge on any atom is -0.293 e. The molecule has 0 unspecified atom stereocenters. The van der Waals surface area contributed by atoms with E-state index < -0.39 is 0 Å². The summed E-state index contributed by atoms with van der Waals surface area (Å²) in [5.41, 5.74) is 3.43. The van der Waals surface area contributed by atoms with E-state index in [1.165, 1.54) is 0 Å². The van der Waals surface area contributed by atoms with Crippen molar-refractivity contribution in [1.82, 2.24) is 0 Å². The molecule has 0 N–H and O–H groups in total. The second-order valence-corrected chi connectivity index (χ2v) is 5.39. The maximum absolute atomic E-state index is 11.5. The molecule has 0 aromatic heterocycles. The van der Waals surface area contributed by atoms with Crippen LogP contribution in [-0.2, 0) is 0 Å². The van der Waals surface area contributed by atoms with Crippen LogP contribution in [0.1, 0.15) is 48.4 Å². The molecule has 0 bridgehead atoms. The van der Waals surface area contributed by atoms with Crippen molar-refractivity contribution in [2.24, 2.45) is 0 Å². The number of carbonyl (C=O) groups excluding carboxylic acids is 2. The van der Waals surface area contributed by atoms with E-state index in [1.807, 2.05) is 76.2 Å². The minimum absolute atomic E-state index is 0.0646. The molecule has 0 aliphatic carbocycles. The number of hydrogen-bond donors (Lipinski definition) is 0. The average Bonchev–Trinajstić information content (AvgIpc) is 2.70. The summed E-state index contributed by atoms with van der Waals surface area (Å²) in [4.78, 5) is 23.1. The molecule has 0 saturated carbocycles. The molecule has 0 atom stereocenters. The lowest BCUT2D eigenvalue weighted by molar-refractivity contribution is 0.101. The van der Waals surface area contributed by atoms with Gasteiger partial charge in [0.1, 0.15) is 0 Å². The number of Topliss-reactive ketones (excluding diaryl/α,β-unsaturated/α-hetero) is 2. The summed E-state index contributed by atoms with van der Waals surface area (Å²) in [6.07, 6.45) is 0. The first kappa shape index (κ1) is 22.7. The molecule has 0 aliphatic heterocycles. The Bertz CT molecular complexity index is 560. The van der Waals surface area contributed by atoms with Crippen molar-refractivity contribution in [1.29, 1.82) is 0 Å². The van der Waals surface area contributed by atoms with Gasteiger partial charge in [0.05, 0.1) is 10.7 Å². The highest BCUT2D eigenvalue weighted by Crippen LogP contribution is 2.21. The van der Waals surface area contributed by atoms with Crippen LogP contribution in [-0.4, -0.2) is 22.2 Å². The first-order valence-corrected chi connectivity index (χ1v) is 10.3. The lowest BCUT2D eigenvalue weighted by Gasteiger charge is -2.04. The van der Waals surface area contributed by atoms with E-state index in [2.05, 4.69) is 31.9 Å². The molecule has 2 rings (SSSR count). The maximum atomic E-state index is 11.5. The third kappa shape index (κ3) is 6.70. The zero-order valence-corrected chi connectivity index (χ0v) is 17.8. The predicted octanol–water partition coefficient (Wildman–Crippen LogP) is 6.56. The SMILES string of the molecule is CC.CC.O=C(CBr)c1ccc(-c2ccc(C(=O)CBr)cc2)cc1. The van der Waals surface area contributed by atoms with Gasteiger partial charge in [-0.15, -0.1) is 0 Å². The van der Waals surface area contributed by atoms with Crippen LogP contribution in [0.5, 0.6) is 0 Å². The summed E-state index contributed by atoms with van der Waals surface area (Å²) in [5, 5.41) is 0.658. The summed E-state index contributed by atoms with van der Waals surface area (Å²) in [6, 6.07) is 14.9. The molecule has 0 radical (unpaired) electrons. The van der Waals surface area contributed by atoms with Crippen LogP contribution in [0.2, 0.25) is 0 Å². The van der Waals surface area contributed by atoms with Gasteiger partial charge in [0.15, 0.2) is 11.6 Å². The van der Waals surface area contributed by atoms with Gasteiger partial charge in [0.25, 0.3) is 0 Å². The van der Waals surface area contributed by atoms with E-state index in [0.717, 1.165) is 11.1 Å². The Morgan fingerprint density at radius 3 is 1.08 bits per heavy atom. The Morgan fingerprint density at radius 2 is 0.875 bits per heavy atom. The lowest BCUT2D eigenvalue weighted by Crippen LogP contribution is -1.99. The lowest BCUT2D eigenvalue weighted by atomic mass is 10.0. The molecule has 0 amide bonds. The van der Waals surface area contributed by atoms with Gasteiger partial charge in [0.2, 0.25) is 0 Å². The second-order valence-electron chi connectivity index (χ2n) is 4.27. The first-order chi connectivity index (χ1) is 11.7. The van der Waals surface area contributed by atoms with Gasteiger partial charge in [-0.1, -0.05) is 108 Å². The van der Waals surface area contributed by atoms with Crippen LogP contribution >= 0.6 is 31.9 Å². The van der Waals surface area contributed by atoms with Crippen molar-refractivity contribution < 1.29 is 9.59 Å². The molecule has 0 aliphatic rings. The van der Waals surface area contributed by atoms with E-state index in [1.54, 1.807) is 0 Å². The highest BCUT2D eigenvalue weighted by atomic mass is 79.9. The quantitative estimate of drug-likeness (QED) is 0.377.